The number of furan rings is 1. The molecular formula is C14H17N5O. The second-order valence-corrected chi connectivity index (χ2v) is 4.70. The molecule has 6 heteroatoms. The zero-order valence-corrected chi connectivity index (χ0v) is 11.7. The molecule has 0 amide bonds. The fourth-order valence-corrected chi connectivity index (χ4v) is 2.08. The number of hydrogen-bond donors (Lipinski definition) is 0. The van der Waals surface area contributed by atoms with Crippen molar-refractivity contribution in [3.05, 3.63) is 30.9 Å². The van der Waals surface area contributed by atoms with Crippen LogP contribution in [0, 0.1) is 0 Å². The lowest BCUT2D eigenvalue weighted by molar-refractivity contribution is 0.560. The molecular weight excluding hydrogens is 254 g/mol. The zero-order valence-electron chi connectivity index (χ0n) is 11.7. The average molecular weight is 271 g/mol. The first-order valence-electron chi connectivity index (χ1n) is 6.75. The predicted octanol–water partition coefficient (Wildman–Crippen LogP) is 2.74. The molecule has 0 bridgehead atoms. The molecule has 6 nitrogen and oxygen atoms in total. The van der Waals surface area contributed by atoms with Gasteiger partial charge in [0.2, 0.25) is 5.82 Å². The number of aromatic nitrogens is 5. The van der Waals surface area contributed by atoms with E-state index in [4.69, 9.17) is 4.42 Å². The molecule has 0 N–H and O–H groups in total. The van der Waals surface area contributed by atoms with E-state index < -0.39 is 0 Å². The molecule has 0 aliphatic heterocycles. The van der Waals surface area contributed by atoms with E-state index in [1.165, 1.54) is 0 Å². The Morgan fingerprint density at radius 2 is 2.25 bits per heavy atom. The van der Waals surface area contributed by atoms with E-state index in [-0.39, 0.29) is 0 Å². The maximum absolute atomic E-state index is 5.38. The number of imidazole rings is 1. The summed E-state index contributed by atoms with van der Waals surface area (Å²) in [5.41, 5.74) is 0.950. The van der Waals surface area contributed by atoms with Crippen LogP contribution in [0.3, 0.4) is 0 Å². The normalized spacial score (nSPS) is 11.1. The van der Waals surface area contributed by atoms with Gasteiger partial charge in [-0.2, -0.15) is 0 Å². The lowest BCUT2D eigenvalue weighted by Crippen LogP contribution is -2.04. The molecule has 3 aromatic rings. The standard InChI is InChI=1S/C14H17N5O/c1-3-4-7-19-14(11-9-15-10-18(11)2)16-13(17-19)12-6-5-8-20-12/h5-6,8-10H,3-4,7H2,1-2H3. The highest BCUT2D eigenvalue weighted by Gasteiger charge is 2.16. The molecule has 0 fully saturated rings. The topological polar surface area (TPSA) is 61.7 Å². The van der Waals surface area contributed by atoms with Gasteiger partial charge in [-0.25, -0.2) is 14.6 Å². The summed E-state index contributed by atoms with van der Waals surface area (Å²) in [4.78, 5) is 8.76. The number of rotatable bonds is 5. The predicted molar refractivity (Wildman–Crippen MR) is 74.8 cm³/mol. The third-order valence-corrected chi connectivity index (χ3v) is 3.18. The molecule has 0 spiro atoms. The van der Waals surface area contributed by atoms with Crippen LogP contribution in [-0.4, -0.2) is 24.3 Å². The van der Waals surface area contributed by atoms with Gasteiger partial charge >= 0.3 is 0 Å². The van der Waals surface area contributed by atoms with Crippen LogP contribution in [-0.2, 0) is 13.6 Å². The molecule has 0 unspecified atom stereocenters. The first-order chi connectivity index (χ1) is 9.79. The molecule has 3 aromatic heterocycles. The Morgan fingerprint density at radius 1 is 1.35 bits per heavy atom. The van der Waals surface area contributed by atoms with Crippen LogP contribution in [0.1, 0.15) is 19.8 Å². The molecule has 20 heavy (non-hydrogen) atoms. The van der Waals surface area contributed by atoms with E-state index >= 15 is 0 Å². The molecule has 0 radical (unpaired) electrons. The van der Waals surface area contributed by atoms with E-state index in [1.54, 1.807) is 18.8 Å². The van der Waals surface area contributed by atoms with Crippen molar-refractivity contribution < 1.29 is 4.42 Å². The molecule has 0 saturated carbocycles. The van der Waals surface area contributed by atoms with Crippen molar-refractivity contribution in [1.82, 2.24) is 24.3 Å². The minimum atomic E-state index is 0.613. The van der Waals surface area contributed by atoms with E-state index in [9.17, 15) is 0 Å². The van der Waals surface area contributed by atoms with E-state index in [0.717, 1.165) is 30.9 Å². The highest BCUT2D eigenvalue weighted by atomic mass is 16.3. The Hall–Kier alpha value is -2.37. The lowest BCUT2D eigenvalue weighted by atomic mass is 10.3. The summed E-state index contributed by atoms with van der Waals surface area (Å²) in [5, 5.41) is 4.56. The summed E-state index contributed by atoms with van der Waals surface area (Å²) in [5.74, 6) is 2.12. The molecule has 0 aliphatic carbocycles. The number of aryl methyl sites for hydroxylation is 2. The van der Waals surface area contributed by atoms with Crippen LogP contribution in [0.15, 0.2) is 35.3 Å². The van der Waals surface area contributed by atoms with E-state index in [1.807, 2.05) is 28.4 Å². The van der Waals surface area contributed by atoms with Crippen molar-refractivity contribution in [2.45, 2.75) is 26.3 Å². The van der Waals surface area contributed by atoms with Crippen LogP contribution in [0.5, 0.6) is 0 Å². The lowest BCUT2D eigenvalue weighted by Gasteiger charge is -2.04. The number of nitrogens with zero attached hydrogens (tertiary/aromatic N) is 5. The van der Waals surface area contributed by atoms with Gasteiger partial charge in [-0.1, -0.05) is 13.3 Å². The van der Waals surface area contributed by atoms with Crippen molar-refractivity contribution in [3.63, 3.8) is 0 Å². The SMILES string of the molecule is CCCCn1nc(-c2ccco2)nc1-c1cncn1C. The molecule has 3 rings (SSSR count). The molecule has 3 heterocycles. The van der Waals surface area contributed by atoms with Crippen LogP contribution < -0.4 is 0 Å². The monoisotopic (exact) mass is 271 g/mol. The smallest absolute Gasteiger partial charge is 0.217 e. The van der Waals surface area contributed by atoms with E-state index in [0.29, 0.717) is 11.6 Å². The maximum Gasteiger partial charge on any atom is 0.217 e. The summed E-state index contributed by atoms with van der Waals surface area (Å²) in [7, 11) is 1.95. The summed E-state index contributed by atoms with van der Waals surface area (Å²) in [6.07, 6.45) is 7.37. The van der Waals surface area contributed by atoms with Gasteiger partial charge in [-0.3, -0.25) is 0 Å². The summed E-state index contributed by atoms with van der Waals surface area (Å²) in [6.45, 7) is 3.00. The van der Waals surface area contributed by atoms with Crippen molar-refractivity contribution in [2.75, 3.05) is 0 Å². The van der Waals surface area contributed by atoms with E-state index in [2.05, 4.69) is 22.0 Å². The summed E-state index contributed by atoms with van der Waals surface area (Å²) < 4.78 is 9.25. The van der Waals surface area contributed by atoms with Gasteiger partial charge in [0.1, 0.15) is 5.69 Å². The highest BCUT2D eigenvalue weighted by molar-refractivity contribution is 5.55. The van der Waals surface area contributed by atoms with Crippen LogP contribution in [0.4, 0.5) is 0 Å². The fourth-order valence-electron chi connectivity index (χ4n) is 2.08. The first-order valence-corrected chi connectivity index (χ1v) is 6.75. The Bertz CT molecular complexity index is 680. The third-order valence-electron chi connectivity index (χ3n) is 3.18. The van der Waals surface area contributed by atoms with Gasteiger partial charge in [0.05, 0.1) is 18.8 Å². The van der Waals surface area contributed by atoms with Gasteiger partial charge < -0.3 is 8.98 Å². The van der Waals surface area contributed by atoms with Gasteiger partial charge in [-0.05, 0) is 18.6 Å². The molecule has 0 saturated heterocycles. The molecule has 0 aromatic carbocycles. The Labute approximate surface area is 117 Å². The number of hydrogen-bond acceptors (Lipinski definition) is 4. The Kier molecular flexibility index (Phi) is 3.37. The van der Waals surface area contributed by atoms with Gasteiger partial charge in [-0.15, -0.1) is 5.10 Å². The van der Waals surface area contributed by atoms with Crippen molar-refractivity contribution in [3.8, 4) is 23.1 Å². The second-order valence-electron chi connectivity index (χ2n) is 4.70. The highest BCUT2D eigenvalue weighted by Crippen LogP contribution is 2.22. The largest absolute Gasteiger partial charge is 0.461 e. The zero-order chi connectivity index (χ0) is 13.9. The van der Waals surface area contributed by atoms with Crippen LogP contribution >= 0.6 is 0 Å². The third kappa shape index (κ3) is 2.24. The van der Waals surface area contributed by atoms with Gasteiger partial charge in [0.25, 0.3) is 0 Å². The first kappa shape index (κ1) is 12.7. The average Bonchev–Trinajstić information content (AvgIpc) is 3.15. The van der Waals surface area contributed by atoms with Crippen LogP contribution in [0.25, 0.3) is 23.1 Å². The fraction of sp³-hybridized carbons (Fsp3) is 0.357. The van der Waals surface area contributed by atoms with Crippen molar-refractivity contribution >= 4 is 0 Å². The minimum absolute atomic E-state index is 0.613. The number of unbranched alkanes of at least 4 members (excludes halogenated alkanes) is 1. The quantitative estimate of drug-likeness (QED) is 0.716. The Morgan fingerprint density at radius 3 is 2.90 bits per heavy atom. The van der Waals surface area contributed by atoms with Crippen LogP contribution in [0.2, 0.25) is 0 Å². The molecule has 0 aliphatic rings. The van der Waals surface area contributed by atoms with Crippen molar-refractivity contribution in [1.29, 1.82) is 0 Å². The second kappa shape index (κ2) is 5.32. The van der Waals surface area contributed by atoms with Crippen molar-refractivity contribution in [2.24, 2.45) is 7.05 Å². The Balaban J connectivity index is 2.05. The molecule has 0 atom stereocenters. The summed E-state index contributed by atoms with van der Waals surface area (Å²) >= 11 is 0. The maximum atomic E-state index is 5.38. The molecule has 104 valence electrons. The summed E-state index contributed by atoms with van der Waals surface area (Å²) in [6, 6.07) is 3.71. The van der Waals surface area contributed by atoms with Gasteiger partial charge in [0, 0.05) is 13.6 Å². The minimum Gasteiger partial charge on any atom is -0.461 e. The van der Waals surface area contributed by atoms with Gasteiger partial charge in [0.15, 0.2) is 11.6 Å².